The molecule has 3 aromatic rings. The van der Waals surface area contributed by atoms with E-state index >= 15 is 0 Å². The molecule has 0 bridgehead atoms. The van der Waals surface area contributed by atoms with E-state index in [1.807, 2.05) is 37.3 Å². The van der Waals surface area contributed by atoms with E-state index in [1.54, 1.807) is 19.2 Å². The number of anilines is 1. The molecule has 1 aromatic heterocycles. The summed E-state index contributed by atoms with van der Waals surface area (Å²) in [6.45, 7) is 1.86. The summed E-state index contributed by atoms with van der Waals surface area (Å²) in [5, 5.41) is 3.55. The number of urea groups is 1. The zero-order valence-electron chi connectivity index (χ0n) is 12.9. The van der Waals surface area contributed by atoms with Crippen LogP contribution in [0.2, 0.25) is 0 Å². The molecule has 2 aromatic carbocycles. The van der Waals surface area contributed by atoms with Gasteiger partial charge in [-0.2, -0.15) is 0 Å². The molecule has 0 fully saturated rings. The van der Waals surface area contributed by atoms with E-state index in [-0.39, 0.29) is 11.7 Å². The summed E-state index contributed by atoms with van der Waals surface area (Å²) in [5.41, 5.74) is 0.929. The van der Waals surface area contributed by atoms with Crippen molar-refractivity contribution in [2.45, 2.75) is 13.0 Å². The molecule has 1 N–H and O–H groups in total. The summed E-state index contributed by atoms with van der Waals surface area (Å²) in [5.74, 6) is 0.211. The van der Waals surface area contributed by atoms with Gasteiger partial charge in [0.2, 0.25) is 0 Å². The molecule has 0 spiro atoms. The topological polar surface area (TPSA) is 45.5 Å². The molecule has 118 valence electrons. The van der Waals surface area contributed by atoms with Crippen molar-refractivity contribution in [3.63, 3.8) is 0 Å². The van der Waals surface area contributed by atoms with Crippen LogP contribution in [0.5, 0.6) is 0 Å². The number of para-hydroxylation sites is 2. The van der Waals surface area contributed by atoms with Crippen LogP contribution in [0.4, 0.5) is 14.9 Å². The predicted octanol–water partition coefficient (Wildman–Crippen LogP) is 4.80. The maximum Gasteiger partial charge on any atom is 0.322 e. The Morgan fingerprint density at radius 1 is 1.17 bits per heavy atom. The van der Waals surface area contributed by atoms with E-state index in [4.69, 9.17) is 4.42 Å². The van der Waals surface area contributed by atoms with Gasteiger partial charge in [0.25, 0.3) is 0 Å². The number of halogens is 1. The summed E-state index contributed by atoms with van der Waals surface area (Å²) in [6.07, 6.45) is 0. The molecule has 1 heterocycles. The van der Waals surface area contributed by atoms with Crippen molar-refractivity contribution in [1.82, 2.24) is 4.90 Å². The summed E-state index contributed by atoms with van der Waals surface area (Å²) < 4.78 is 19.4. The lowest BCUT2D eigenvalue weighted by Crippen LogP contribution is -2.33. The molecule has 0 aliphatic rings. The van der Waals surface area contributed by atoms with Gasteiger partial charge in [0, 0.05) is 12.4 Å². The molecule has 0 saturated carbocycles. The summed E-state index contributed by atoms with van der Waals surface area (Å²) >= 11 is 0. The van der Waals surface area contributed by atoms with Gasteiger partial charge in [-0.05, 0) is 31.2 Å². The fourth-order valence-corrected chi connectivity index (χ4v) is 2.34. The normalized spacial score (nSPS) is 12.1. The zero-order chi connectivity index (χ0) is 16.4. The van der Waals surface area contributed by atoms with Crippen molar-refractivity contribution in [3.8, 4) is 0 Å². The van der Waals surface area contributed by atoms with Crippen LogP contribution < -0.4 is 5.32 Å². The molecule has 23 heavy (non-hydrogen) atoms. The lowest BCUT2D eigenvalue weighted by Gasteiger charge is -2.23. The minimum Gasteiger partial charge on any atom is -0.459 e. The largest absolute Gasteiger partial charge is 0.459 e. The van der Waals surface area contributed by atoms with Gasteiger partial charge >= 0.3 is 6.03 Å². The minimum atomic E-state index is -0.467. The first-order valence-corrected chi connectivity index (χ1v) is 7.33. The number of hydrogen-bond donors (Lipinski definition) is 1. The van der Waals surface area contributed by atoms with Gasteiger partial charge in [0.05, 0.1) is 11.7 Å². The van der Waals surface area contributed by atoms with E-state index in [1.165, 1.54) is 17.0 Å². The highest BCUT2D eigenvalue weighted by Crippen LogP contribution is 2.27. The zero-order valence-corrected chi connectivity index (χ0v) is 12.9. The van der Waals surface area contributed by atoms with E-state index in [0.717, 1.165) is 11.0 Å². The number of fused-ring (bicyclic) bond motifs is 1. The standard InChI is InChI=1S/C18H17FN2O2/c1-12(17-11-13-7-3-6-10-16(13)23-17)21(2)18(22)20-15-9-5-4-8-14(15)19/h3-12H,1-2H3,(H,20,22)/t12-/m1/s1. The first kappa shape index (κ1) is 15.1. The SMILES string of the molecule is C[C@H](c1cc2ccccc2o1)N(C)C(=O)Nc1ccccc1F. The third kappa shape index (κ3) is 3.04. The number of carbonyl (C=O) groups excluding carboxylic acids is 1. The monoisotopic (exact) mass is 312 g/mol. The molecule has 5 heteroatoms. The molecule has 0 aliphatic heterocycles. The number of amides is 2. The molecular weight excluding hydrogens is 295 g/mol. The fraction of sp³-hybridized carbons (Fsp3) is 0.167. The van der Waals surface area contributed by atoms with Gasteiger partial charge in [0.15, 0.2) is 0 Å². The molecule has 0 saturated heterocycles. The Hall–Kier alpha value is -2.82. The molecule has 4 nitrogen and oxygen atoms in total. The quantitative estimate of drug-likeness (QED) is 0.755. The van der Waals surface area contributed by atoms with Crippen LogP contribution in [0.25, 0.3) is 11.0 Å². The van der Waals surface area contributed by atoms with Crippen LogP contribution in [0.3, 0.4) is 0 Å². The van der Waals surface area contributed by atoms with Crippen LogP contribution >= 0.6 is 0 Å². The van der Waals surface area contributed by atoms with E-state index in [0.29, 0.717) is 5.76 Å². The number of hydrogen-bond acceptors (Lipinski definition) is 2. The van der Waals surface area contributed by atoms with Crippen molar-refractivity contribution in [1.29, 1.82) is 0 Å². The first-order chi connectivity index (χ1) is 11.1. The van der Waals surface area contributed by atoms with Crippen LogP contribution in [0.1, 0.15) is 18.7 Å². The summed E-state index contributed by atoms with van der Waals surface area (Å²) in [6, 6.07) is 15.0. The highest BCUT2D eigenvalue weighted by molar-refractivity contribution is 5.89. The number of nitrogens with zero attached hydrogens (tertiary/aromatic N) is 1. The lowest BCUT2D eigenvalue weighted by molar-refractivity contribution is 0.201. The van der Waals surface area contributed by atoms with Crippen LogP contribution in [0, 0.1) is 5.82 Å². The Kier molecular flexibility index (Phi) is 4.02. The molecular formula is C18H17FN2O2. The number of carbonyl (C=O) groups is 1. The molecule has 3 rings (SSSR count). The van der Waals surface area contributed by atoms with Crippen molar-refractivity contribution in [3.05, 3.63) is 66.2 Å². The second-order valence-electron chi connectivity index (χ2n) is 5.38. The fourth-order valence-electron chi connectivity index (χ4n) is 2.34. The first-order valence-electron chi connectivity index (χ1n) is 7.33. The van der Waals surface area contributed by atoms with Crippen molar-refractivity contribution in [2.24, 2.45) is 0 Å². The molecule has 0 aliphatic carbocycles. The maximum absolute atomic E-state index is 13.6. The van der Waals surface area contributed by atoms with Crippen molar-refractivity contribution >= 4 is 22.7 Å². The molecule has 2 amide bonds. The van der Waals surface area contributed by atoms with Crippen LogP contribution in [-0.4, -0.2) is 18.0 Å². The van der Waals surface area contributed by atoms with Gasteiger partial charge in [-0.1, -0.05) is 30.3 Å². The van der Waals surface area contributed by atoms with Crippen LogP contribution in [0.15, 0.2) is 59.0 Å². The summed E-state index contributed by atoms with van der Waals surface area (Å²) in [4.78, 5) is 13.8. The van der Waals surface area contributed by atoms with Crippen molar-refractivity contribution in [2.75, 3.05) is 12.4 Å². The molecule has 0 radical (unpaired) electrons. The van der Waals surface area contributed by atoms with Gasteiger partial charge in [-0.25, -0.2) is 9.18 Å². The van der Waals surface area contributed by atoms with E-state index in [9.17, 15) is 9.18 Å². The van der Waals surface area contributed by atoms with Crippen LogP contribution in [-0.2, 0) is 0 Å². The number of furan rings is 1. The third-order valence-electron chi connectivity index (χ3n) is 3.87. The molecule has 0 unspecified atom stereocenters. The smallest absolute Gasteiger partial charge is 0.322 e. The Morgan fingerprint density at radius 2 is 1.87 bits per heavy atom. The second-order valence-corrected chi connectivity index (χ2v) is 5.38. The second kappa shape index (κ2) is 6.12. The summed E-state index contributed by atoms with van der Waals surface area (Å²) in [7, 11) is 1.65. The number of nitrogens with one attached hydrogen (secondary N) is 1. The minimum absolute atomic E-state index is 0.154. The Bertz CT molecular complexity index is 811. The van der Waals surface area contributed by atoms with E-state index in [2.05, 4.69) is 5.32 Å². The average Bonchev–Trinajstić information content (AvgIpc) is 2.99. The highest BCUT2D eigenvalue weighted by Gasteiger charge is 2.21. The van der Waals surface area contributed by atoms with Gasteiger partial charge in [-0.15, -0.1) is 0 Å². The number of rotatable bonds is 3. The number of benzene rings is 2. The third-order valence-corrected chi connectivity index (χ3v) is 3.87. The van der Waals surface area contributed by atoms with E-state index < -0.39 is 11.8 Å². The van der Waals surface area contributed by atoms with Gasteiger partial charge in [-0.3, -0.25) is 0 Å². The average molecular weight is 312 g/mol. The molecule has 1 atom stereocenters. The Labute approximate surface area is 133 Å². The lowest BCUT2D eigenvalue weighted by atomic mass is 10.2. The highest BCUT2D eigenvalue weighted by atomic mass is 19.1. The predicted molar refractivity (Wildman–Crippen MR) is 87.8 cm³/mol. The Morgan fingerprint density at radius 3 is 2.61 bits per heavy atom. The maximum atomic E-state index is 13.6. The Balaban J connectivity index is 1.77. The van der Waals surface area contributed by atoms with Gasteiger partial charge in [0.1, 0.15) is 17.2 Å². The van der Waals surface area contributed by atoms with Crippen molar-refractivity contribution < 1.29 is 13.6 Å². The van der Waals surface area contributed by atoms with Gasteiger partial charge < -0.3 is 14.6 Å².